The molecule has 21 heavy (non-hydrogen) atoms. The Hall–Kier alpha value is -1.02. The van der Waals surface area contributed by atoms with E-state index < -0.39 is 0 Å². The quantitative estimate of drug-likeness (QED) is 0.532. The highest BCUT2D eigenvalue weighted by Crippen LogP contribution is 2.21. The summed E-state index contributed by atoms with van der Waals surface area (Å²) in [7, 11) is 0. The van der Waals surface area contributed by atoms with E-state index in [1.54, 1.807) is 18.2 Å². The van der Waals surface area contributed by atoms with Gasteiger partial charge in [-0.15, -0.1) is 0 Å². The number of benzene rings is 1. The fourth-order valence-corrected chi connectivity index (χ4v) is 2.66. The third-order valence-corrected chi connectivity index (χ3v) is 4.26. The lowest BCUT2D eigenvalue weighted by Gasteiger charge is -2.18. The zero-order chi connectivity index (χ0) is 15.7. The molecule has 0 saturated carbocycles. The van der Waals surface area contributed by atoms with Crippen LogP contribution in [0.2, 0.25) is 5.02 Å². The van der Waals surface area contributed by atoms with Gasteiger partial charge < -0.3 is 4.74 Å². The Balaban J connectivity index is 2.41. The van der Waals surface area contributed by atoms with Crippen LogP contribution in [0, 0.1) is 5.92 Å². The molecule has 0 saturated heterocycles. The van der Waals surface area contributed by atoms with Crippen molar-refractivity contribution < 1.29 is 9.53 Å². The number of ether oxygens (including phenoxy) is 1. The third kappa shape index (κ3) is 6.52. The van der Waals surface area contributed by atoms with Crippen LogP contribution in [0.5, 0.6) is 0 Å². The van der Waals surface area contributed by atoms with Gasteiger partial charge in [0.2, 0.25) is 0 Å². The summed E-state index contributed by atoms with van der Waals surface area (Å²) >= 11 is 6.01. The van der Waals surface area contributed by atoms with Crippen LogP contribution in [0.3, 0.4) is 0 Å². The molecular formula is C18H27ClO2. The number of halogens is 1. The first-order valence-electron chi connectivity index (χ1n) is 8.03. The van der Waals surface area contributed by atoms with Crippen LogP contribution in [0.25, 0.3) is 0 Å². The first-order valence-corrected chi connectivity index (χ1v) is 8.41. The minimum atomic E-state index is -0.324. The molecule has 0 unspecified atom stereocenters. The Morgan fingerprint density at radius 2 is 1.90 bits per heavy atom. The average molecular weight is 311 g/mol. The van der Waals surface area contributed by atoms with E-state index in [0.717, 1.165) is 18.8 Å². The van der Waals surface area contributed by atoms with E-state index in [4.69, 9.17) is 16.3 Å². The van der Waals surface area contributed by atoms with Gasteiger partial charge in [0, 0.05) is 0 Å². The highest BCUT2D eigenvalue weighted by atomic mass is 35.5. The van der Waals surface area contributed by atoms with Crippen LogP contribution in [-0.2, 0) is 4.74 Å². The van der Waals surface area contributed by atoms with Crippen LogP contribution in [0.1, 0.15) is 69.7 Å². The summed E-state index contributed by atoms with van der Waals surface area (Å²) in [6.07, 6.45) is 6.97. The molecule has 0 bridgehead atoms. The molecular weight excluding hydrogens is 284 g/mol. The van der Waals surface area contributed by atoms with Crippen molar-refractivity contribution in [2.45, 2.75) is 65.4 Å². The number of esters is 1. The van der Waals surface area contributed by atoms with Gasteiger partial charge in [-0.1, -0.05) is 63.3 Å². The first kappa shape index (κ1) is 18.0. The molecule has 3 heteroatoms. The van der Waals surface area contributed by atoms with Gasteiger partial charge >= 0.3 is 5.97 Å². The Bertz CT molecular complexity index is 431. The van der Waals surface area contributed by atoms with Crippen LogP contribution < -0.4 is 0 Å². The maximum Gasteiger partial charge on any atom is 0.339 e. The molecule has 0 heterocycles. The van der Waals surface area contributed by atoms with E-state index in [0.29, 0.717) is 10.6 Å². The van der Waals surface area contributed by atoms with Gasteiger partial charge in [0.1, 0.15) is 0 Å². The molecule has 0 aromatic heterocycles. The molecule has 0 radical (unpaired) electrons. The van der Waals surface area contributed by atoms with E-state index in [-0.39, 0.29) is 12.1 Å². The lowest BCUT2D eigenvalue weighted by molar-refractivity contribution is 0.0310. The number of rotatable bonds is 9. The summed E-state index contributed by atoms with van der Waals surface area (Å²) in [4.78, 5) is 12.1. The molecule has 0 amide bonds. The second-order valence-electron chi connectivity index (χ2n) is 5.69. The van der Waals surface area contributed by atoms with E-state index in [1.807, 2.05) is 13.0 Å². The highest BCUT2D eigenvalue weighted by molar-refractivity contribution is 6.33. The second kappa shape index (κ2) is 9.83. The van der Waals surface area contributed by atoms with Gasteiger partial charge in [-0.2, -0.15) is 0 Å². The lowest BCUT2D eigenvalue weighted by Crippen LogP contribution is -2.16. The number of carbonyl (C=O) groups is 1. The van der Waals surface area contributed by atoms with Gasteiger partial charge in [0.15, 0.2) is 0 Å². The van der Waals surface area contributed by atoms with Crippen molar-refractivity contribution in [3.63, 3.8) is 0 Å². The van der Waals surface area contributed by atoms with Gasteiger partial charge in [-0.25, -0.2) is 4.79 Å². The lowest BCUT2D eigenvalue weighted by atomic mass is 9.93. The van der Waals surface area contributed by atoms with Crippen molar-refractivity contribution >= 4 is 17.6 Å². The predicted octanol–water partition coefficient (Wildman–Crippen LogP) is 5.88. The standard InChI is InChI=1S/C18H27ClO2/c1-4-6-9-15(5-2)13-12-14(3)21-18(20)16-10-7-8-11-17(16)19/h7-8,10-11,14-15H,4-6,9,12-13H2,1-3H3/t14-,15+/m1/s1. The summed E-state index contributed by atoms with van der Waals surface area (Å²) in [5, 5.41) is 0.448. The highest BCUT2D eigenvalue weighted by Gasteiger charge is 2.16. The van der Waals surface area contributed by atoms with Gasteiger partial charge in [0.25, 0.3) is 0 Å². The van der Waals surface area contributed by atoms with Gasteiger partial charge in [-0.3, -0.25) is 0 Å². The zero-order valence-corrected chi connectivity index (χ0v) is 14.2. The molecule has 118 valence electrons. The van der Waals surface area contributed by atoms with Crippen LogP contribution in [-0.4, -0.2) is 12.1 Å². The first-order chi connectivity index (χ1) is 10.1. The summed E-state index contributed by atoms with van der Waals surface area (Å²) in [6, 6.07) is 7.02. The predicted molar refractivity (Wildman–Crippen MR) is 88.9 cm³/mol. The third-order valence-electron chi connectivity index (χ3n) is 3.93. The smallest absolute Gasteiger partial charge is 0.339 e. The summed E-state index contributed by atoms with van der Waals surface area (Å²) in [6.45, 7) is 6.42. The zero-order valence-electron chi connectivity index (χ0n) is 13.4. The molecule has 0 aliphatic carbocycles. The van der Waals surface area contributed by atoms with E-state index >= 15 is 0 Å². The van der Waals surface area contributed by atoms with Crippen LogP contribution >= 0.6 is 11.6 Å². The maximum atomic E-state index is 12.1. The Morgan fingerprint density at radius 1 is 1.19 bits per heavy atom. The monoisotopic (exact) mass is 310 g/mol. The van der Waals surface area contributed by atoms with Gasteiger partial charge in [0.05, 0.1) is 16.7 Å². The molecule has 2 nitrogen and oxygen atoms in total. The van der Waals surface area contributed by atoms with Crippen molar-refractivity contribution in [3.05, 3.63) is 34.9 Å². The summed E-state index contributed by atoms with van der Waals surface area (Å²) < 4.78 is 5.49. The number of hydrogen-bond acceptors (Lipinski definition) is 2. The summed E-state index contributed by atoms with van der Waals surface area (Å²) in [5.74, 6) is 0.418. The second-order valence-corrected chi connectivity index (χ2v) is 6.10. The van der Waals surface area contributed by atoms with Gasteiger partial charge in [-0.05, 0) is 37.8 Å². The van der Waals surface area contributed by atoms with Crippen molar-refractivity contribution in [2.75, 3.05) is 0 Å². The number of hydrogen-bond donors (Lipinski definition) is 0. The SMILES string of the molecule is CCCC[C@H](CC)CC[C@@H](C)OC(=O)c1ccccc1Cl. The summed E-state index contributed by atoms with van der Waals surface area (Å²) in [5.41, 5.74) is 0.448. The fraction of sp³-hybridized carbons (Fsp3) is 0.611. The fourth-order valence-electron chi connectivity index (χ4n) is 2.45. The van der Waals surface area contributed by atoms with Crippen molar-refractivity contribution in [1.82, 2.24) is 0 Å². The normalized spacial score (nSPS) is 13.7. The molecule has 0 N–H and O–H groups in total. The topological polar surface area (TPSA) is 26.3 Å². The van der Waals surface area contributed by atoms with E-state index in [9.17, 15) is 4.79 Å². The average Bonchev–Trinajstić information content (AvgIpc) is 2.47. The Morgan fingerprint density at radius 3 is 2.52 bits per heavy atom. The van der Waals surface area contributed by atoms with Crippen molar-refractivity contribution in [2.24, 2.45) is 5.92 Å². The molecule has 0 aliphatic rings. The molecule has 1 rings (SSSR count). The van der Waals surface area contributed by atoms with Crippen LogP contribution in [0.4, 0.5) is 0 Å². The maximum absolute atomic E-state index is 12.1. The minimum absolute atomic E-state index is 0.0653. The van der Waals surface area contributed by atoms with Crippen LogP contribution in [0.15, 0.2) is 24.3 Å². The largest absolute Gasteiger partial charge is 0.459 e. The number of carbonyl (C=O) groups excluding carboxylic acids is 1. The van der Waals surface area contributed by atoms with Crippen molar-refractivity contribution in [3.8, 4) is 0 Å². The molecule has 2 atom stereocenters. The molecule has 0 fully saturated rings. The van der Waals surface area contributed by atoms with E-state index in [1.165, 1.54) is 25.7 Å². The Kier molecular flexibility index (Phi) is 8.44. The van der Waals surface area contributed by atoms with E-state index in [2.05, 4.69) is 13.8 Å². The molecule has 1 aromatic rings. The number of unbranched alkanes of at least 4 members (excludes halogenated alkanes) is 1. The molecule has 1 aromatic carbocycles. The Labute approximate surface area is 133 Å². The van der Waals surface area contributed by atoms with Crippen molar-refractivity contribution in [1.29, 1.82) is 0 Å². The minimum Gasteiger partial charge on any atom is -0.459 e. The molecule has 0 spiro atoms. The molecule has 0 aliphatic heterocycles.